The minimum Gasteiger partial charge on any atom is -0.290 e. The standard InChI is InChI=1S/C15H29NSSi/c1-18(2,3)17-15-12-8-11-14(15)16-13-9-6-4-5-7-10-13/h13,15H,4-12H2,1-3H3/b16-14+. The molecular formula is C15H29NSSi. The highest BCUT2D eigenvalue weighted by Crippen LogP contribution is 2.35. The zero-order chi connectivity index (χ0) is 13.0. The molecule has 0 aromatic rings. The first-order chi connectivity index (χ1) is 8.54. The first-order valence-corrected chi connectivity index (χ1v) is 12.9. The van der Waals surface area contributed by atoms with E-state index in [-0.39, 0.29) is 0 Å². The first-order valence-electron chi connectivity index (χ1n) is 7.79. The average molecular weight is 284 g/mol. The van der Waals surface area contributed by atoms with Crippen molar-refractivity contribution < 1.29 is 0 Å². The van der Waals surface area contributed by atoms with E-state index in [1.54, 1.807) is 5.71 Å². The lowest BCUT2D eigenvalue weighted by Crippen LogP contribution is -2.24. The van der Waals surface area contributed by atoms with E-state index in [0.717, 1.165) is 5.25 Å². The number of hydrogen-bond acceptors (Lipinski definition) is 2. The molecule has 2 rings (SSSR count). The quantitative estimate of drug-likeness (QED) is 0.507. The van der Waals surface area contributed by atoms with Crippen LogP contribution in [0, 0.1) is 0 Å². The molecule has 0 aromatic heterocycles. The second-order valence-corrected chi connectivity index (χ2v) is 16.3. The molecule has 2 aliphatic rings. The maximum Gasteiger partial charge on any atom is 0.109 e. The van der Waals surface area contributed by atoms with Crippen LogP contribution in [0.1, 0.15) is 57.8 Å². The molecule has 0 radical (unpaired) electrons. The van der Waals surface area contributed by atoms with Gasteiger partial charge in [-0.3, -0.25) is 4.99 Å². The number of hydrogen-bond donors (Lipinski definition) is 0. The lowest BCUT2D eigenvalue weighted by Gasteiger charge is -2.22. The summed E-state index contributed by atoms with van der Waals surface area (Å²) in [5, 5.41) is 0.778. The van der Waals surface area contributed by atoms with Crippen molar-refractivity contribution in [3.8, 4) is 0 Å². The molecule has 104 valence electrons. The lowest BCUT2D eigenvalue weighted by atomic mass is 10.1. The van der Waals surface area contributed by atoms with Gasteiger partial charge >= 0.3 is 0 Å². The summed E-state index contributed by atoms with van der Waals surface area (Å²) < 4.78 is 0. The van der Waals surface area contributed by atoms with Gasteiger partial charge in [0, 0.05) is 17.0 Å². The molecule has 0 aliphatic heterocycles. The second-order valence-electron chi connectivity index (χ2n) is 6.88. The number of nitrogens with zero attached hydrogens (tertiary/aromatic N) is 1. The summed E-state index contributed by atoms with van der Waals surface area (Å²) in [5.41, 5.74) is 1.58. The van der Waals surface area contributed by atoms with Crippen LogP contribution in [0.15, 0.2) is 4.99 Å². The molecule has 3 heteroatoms. The van der Waals surface area contributed by atoms with Crippen molar-refractivity contribution in [2.75, 3.05) is 0 Å². The minimum absolute atomic E-state index is 0.672. The lowest BCUT2D eigenvalue weighted by molar-refractivity contribution is 0.584. The van der Waals surface area contributed by atoms with E-state index in [2.05, 4.69) is 30.9 Å². The van der Waals surface area contributed by atoms with Gasteiger partial charge in [-0.25, -0.2) is 0 Å². The predicted octanol–water partition coefficient (Wildman–Crippen LogP) is 5.27. The molecular weight excluding hydrogens is 254 g/mol. The first kappa shape index (κ1) is 14.6. The summed E-state index contributed by atoms with van der Waals surface area (Å²) in [6, 6.07) is 0.672. The van der Waals surface area contributed by atoms with Crippen molar-refractivity contribution in [2.45, 2.75) is 88.7 Å². The zero-order valence-corrected chi connectivity index (χ0v) is 14.2. The summed E-state index contributed by atoms with van der Waals surface area (Å²) in [5.74, 6) is 0. The molecule has 2 aliphatic carbocycles. The molecule has 1 nitrogen and oxygen atoms in total. The molecule has 0 N–H and O–H groups in total. The van der Waals surface area contributed by atoms with Crippen molar-refractivity contribution >= 4 is 24.1 Å². The monoisotopic (exact) mass is 283 g/mol. The van der Waals surface area contributed by atoms with Gasteiger partial charge in [-0.2, -0.15) is 11.2 Å². The molecule has 0 heterocycles. The van der Waals surface area contributed by atoms with E-state index in [1.807, 2.05) is 0 Å². The predicted molar refractivity (Wildman–Crippen MR) is 87.5 cm³/mol. The Balaban J connectivity index is 1.96. The Morgan fingerprint density at radius 1 is 0.944 bits per heavy atom. The van der Waals surface area contributed by atoms with Gasteiger partial charge in [0.25, 0.3) is 0 Å². The Hall–Kier alpha value is 0.237. The Morgan fingerprint density at radius 3 is 2.22 bits per heavy atom. The van der Waals surface area contributed by atoms with Crippen LogP contribution >= 0.6 is 11.2 Å². The van der Waals surface area contributed by atoms with Gasteiger partial charge in [0.2, 0.25) is 0 Å². The zero-order valence-electron chi connectivity index (χ0n) is 12.4. The highest BCUT2D eigenvalue weighted by atomic mass is 32.4. The molecule has 2 saturated carbocycles. The van der Waals surface area contributed by atoms with Crippen LogP contribution in [0.3, 0.4) is 0 Å². The highest BCUT2D eigenvalue weighted by molar-refractivity contribution is 8.29. The average Bonchev–Trinajstić information content (AvgIpc) is 2.54. The van der Waals surface area contributed by atoms with Crippen LogP contribution in [-0.2, 0) is 0 Å². The van der Waals surface area contributed by atoms with Gasteiger partial charge < -0.3 is 0 Å². The fourth-order valence-electron chi connectivity index (χ4n) is 3.12. The van der Waals surface area contributed by atoms with Gasteiger partial charge in [-0.05, 0) is 32.1 Å². The van der Waals surface area contributed by atoms with Crippen LogP contribution in [0.5, 0.6) is 0 Å². The molecule has 0 bridgehead atoms. The Bertz CT molecular complexity index is 287. The SMILES string of the molecule is C[Si](C)(C)SC1CCC/C1=N\C1CCCCCC1. The number of rotatable bonds is 3. The maximum absolute atomic E-state index is 5.18. The molecule has 18 heavy (non-hydrogen) atoms. The fraction of sp³-hybridized carbons (Fsp3) is 0.933. The Morgan fingerprint density at radius 2 is 1.61 bits per heavy atom. The van der Waals surface area contributed by atoms with Crippen LogP contribution in [0.4, 0.5) is 0 Å². The number of aliphatic imine (C=N–C) groups is 1. The third kappa shape index (κ3) is 4.73. The fourth-order valence-corrected chi connectivity index (χ4v) is 7.89. The van der Waals surface area contributed by atoms with Crippen molar-refractivity contribution in [1.29, 1.82) is 0 Å². The second kappa shape index (κ2) is 6.60. The highest BCUT2D eigenvalue weighted by Gasteiger charge is 2.29. The topological polar surface area (TPSA) is 12.4 Å². The normalized spacial score (nSPS) is 29.7. The molecule has 0 amide bonds. The Labute approximate surface area is 118 Å². The van der Waals surface area contributed by atoms with Crippen LogP contribution in [0.25, 0.3) is 0 Å². The van der Waals surface area contributed by atoms with Crippen molar-refractivity contribution in [1.82, 2.24) is 0 Å². The van der Waals surface area contributed by atoms with Crippen molar-refractivity contribution in [2.24, 2.45) is 4.99 Å². The van der Waals surface area contributed by atoms with Gasteiger partial charge in [0.1, 0.15) is 7.22 Å². The third-order valence-corrected chi connectivity index (χ3v) is 8.41. The molecule has 2 fully saturated rings. The maximum atomic E-state index is 5.18. The minimum atomic E-state index is -1.00. The molecule has 1 atom stereocenters. The van der Waals surface area contributed by atoms with E-state index in [4.69, 9.17) is 4.99 Å². The van der Waals surface area contributed by atoms with Crippen molar-refractivity contribution in [3.63, 3.8) is 0 Å². The van der Waals surface area contributed by atoms with Crippen LogP contribution in [0.2, 0.25) is 19.6 Å². The summed E-state index contributed by atoms with van der Waals surface area (Å²) >= 11 is 2.27. The van der Waals surface area contributed by atoms with E-state index in [1.165, 1.54) is 57.8 Å². The Kier molecular flexibility index (Phi) is 5.37. The van der Waals surface area contributed by atoms with Crippen molar-refractivity contribution in [3.05, 3.63) is 0 Å². The van der Waals surface area contributed by atoms with Gasteiger partial charge in [0.15, 0.2) is 0 Å². The van der Waals surface area contributed by atoms with E-state index in [9.17, 15) is 0 Å². The summed E-state index contributed by atoms with van der Waals surface area (Å²) in [6.45, 7) is 7.41. The van der Waals surface area contributed by atoms with E-state index < -0.39 is 7.22 Å². The molecule has 0 spiro atoms. The van der Waals surface area contributed by atoms with Crippen LogP contribution < -0.4 is 0 Å². The third-order valence-electron chi connectivity index (χ3n) is 3.94. The van der Waals surface area contributed by atoms with Gasteiger partial charge in [-0.15, -0.1) is 0 Å². The summed E-state index contributed by atoms with van der Waals surface area (Å²) in [7, 11) is -1.00. The molecule has 0 saturated heterocycles. The summed E-state index contributed by atoms with van der Waals surface area (Å²) in [4.78, 5) is 5.18. The van der Waals surface area contributed by atoms with Crippen LogP contribution in [-0.4, -0.2) is 24.2 Å². The molecule has 1 unspecified atom stereocenters. The van der Waals surface area contributed by atoms with Gasteiger partial charge in [0.05, 0.1) is 0 Å². The molecule has 0 aromatic carbocycles. The summed E-state index contributed by atoms with van der Waals surface area (Å²) in [6.07, 6.45) is 12.5. The smallest absolute Gasteiger partial charge is 0.109 e. The van der Waals surface area contributed by atoms with E-state index >= 15 is 0 Å². The van der Waals surface area contributed by atoms with Gasteiger partial charge in [-0.1, -0.05) is 45.3 Å². The van der Waals surface area contributed by atoms with E-state index in [0.29, 0.717) is 6.04 Å². The largest absolute Gasteiger partial charge is 0.290 e.